The molecule has 0 saturated carbocycles. The van der Waals surface area contributed by atoms with Crippen molar-refractivity contribution in [2.75, 3.05) is 39.6 Å². The Labute approximate surface area is 153 Å². The van der Waals surface area contributed by atoms with Gasteiger partial charge in [-0.05, 0) is 49.6 Å². The lowest BCUT2D eigenvalue weighted by Crippen LogP contribution is -3.13. The Balaban J connectivity index is 1.62. The lowest BCUT2D eigenvalue weighted by molar-refractivity contribution is -0.902. The highest BCUT2D eigenvalue weighted by Crippen LogP contribution is 2.32. The van der Waals surface area contributed by atoms with Crippen molar-refractivity contribution >= 4 is 11.8 Å². The molecule has 0 radical (unpaired) electrons. The predicted octanol–water partition coefficient (Wildman–Crippen LogP) is 2.32. The first kappa shape index (κ1) is 18.0. The zero-order valence-electron chi connectivity index (χ0n) is 15.0. The van der Waals surface area contributed by atoms with Crippen LogP contribution in [0.3, 0.4) is 0 Å². The van der Waals surface area contributed by atoms with Crippen molar-refractivity contribution in [1.29, 1.82) is 0 Å². The highest BCUT2D eigenvalue weighted by molar-refractivity contribution is 7.99. The second-order valence-electron chi connectivity index (χ2n) is 6.23. The van der Waals surface area contributed by atoms with E-state index in [1.54, 1.807) is 30.9 Å². The summed E-state index contributed by atoms with van der Waals surface area (Å²) >= 11 is 1.79. The van der Waals surface area contributed by atoms with E-state index in [0.29, 0.717) is 0 Å². The summed E-state index contributed by atoms with van der Waals surface area (Å²) in [6.45, 7) is 3.85. The fourth-order valence-electron chi connectivity index (χ4n) is 3.16. The van der Waals surface area contributed by atoms with E-state index in [2.05, 4.69) is 10.2 Å². The molecule has 2 aromatic rings. The molecule has 0 spiro atoms. The number of thioether (sulfide) groups is 1. The van der Waals surface area contributed by atoms with E-state index in [1.165, 1.54) is 38.9 Å². The Morgan fingerprint density at radius 3 is 2.52 bits per heavy atom. The zero-order chi connectivity index (χ0) is 17.5. The number of methoxy groups -OCH3 is 2. The molecule has 1 saturated heterocycles. The molecule has 0 aliphatic carbocycles. The minimum absolute atomic E-state index is 0.768. The number of quaternary nitrogens is 1. The lowest BCUT2D eigenvalue weighted by atomic mass is 10.1. The average Bonchev–Trinajstić information content (AvgIpc) is 2.69. The highest BCUT2D eigenvalue weighted by Gasteiger charge is 2.13. The van der Waals surface area contributed by atoms with Gasteiger partial charge in [-0.15, -0.1) is 10.2 Å². The van der Waals surface area contributed by atoms with Crippen LogP contribution in [0.2, 0.25) is 0 Å². The van der Waals surface area contributed by atoms with Crippen LogP contribution in [0, 0.1) is 0 Å². The van der Waals surface area contributed by atoms with E-state index < -0.39 is 0 Å². The lowest BCUT2D eigenvalue weighted by Gasteiger charge is -2.23. The van der Waals surface area contributed by atoms with Crippen LogP contribution < -0.4 is 14.4 Å². The van der Waals surface area contributed by atoms with Crippen LogP contribution in [0.1, 0.15) is 19.3 Å². The van der Waals surface area contributed by atoms with Gasteiger partial charge in [0.15, 0.2) is 0 Å². The predicted molar refractivity (Wildman–Crippen MR) is 101 cm³/mol. The van der Waals surface area contributed by atoms with Gasteiger partial charge in [0, 0.05) is 11.3 Å². The Bertz CT molecular complexity index is 673. The standard InChI is InChI=1S/C19H25N3O2S/c1-23-15-6-8-18(24-2)16(14-15)17-7-9-19(21-20-17)25-13-12-22-10-4-3-5-11-22/h6-9,14H,3-5,10-13H2,1-2H3/p+1. The molecule has 3 rings (SSSR count). The minimum Gasteiger partial charge on any atom is -0.497 e. The highest BCUT2D eigenvalue weighted by atomic mass is 32.2. The maximum Gasteiger partial charge on any atom is 0.128 e. The second-order valence-corrected chi connectivity index (χ2v) is 7.35. The molecular weight excluding hydrogens is 334 g/mol. The van der Waals surface area contributed by atoms with Crippen LogP contribution in [-0.4, -0.2) is 49.8 Å². The normalized spacial score (nSPS) is 15.1. The van der Waals surface area contributed by atoms with Gasteiger partial charge in [-0.25, -0.2) is 0 Å². The molecule has 0 bridgehead atoms. The van der Waals surface area contributed by atoms with Crippen LogP contribution in [0.15, 0.2) is 35.4 Å². The van der Waals surface area contributed by atoms with Gasteiger partial charge in [0.2, 0.25) is 0 Å². The molecule has 1 N–H and O–H groups in total. The summed E-state index contributed by atoms with van der Waals surface area (Å²) in [5, 5.41) is 9.74. The van der Waals surface area contributed by atoms with Crippen LogP contribution >= 0.6 is 11.8 Å². The third-order valence-electron chi connectivity index (χ3n) is 4.59. The monoisotopic (exact) mass is 360 g/mol. The summed E-state index contributed by atoms with van der Waals surface area (Å²) in [4.78, 5) is 1.73. The van der Waals surface area contributed by atoms with Crippen molar-refractivity contribution in [3.05, 3.63) is 30.3 Å². The fraction of sp³-hybridized carbons (Fsp3) is 0.474. The summed E-state index contributed by atoms with van der Waals surface area (Å²) < 4.78 is 10.7. The molecule has 1 aromatic heterocycles. The molecule has 1 aliphatic rings. The molecule has 1 aliphatic heterocycles. The summed E-state index contributed by atoms with van der Waals surface area (Å²) in [5.41, 5.74) is 1.69. The summed E-state index contributed by atoms with van der Waals surface area (Å²) in [7, 11) is 3.31. The molecule has 0 atom stereocenters. The first-order valence-corrected chi connectivity index (χ1v) is 9.81. The van der Waals surface area contributed by atoms with Crippen LogP contribution in [0.5, 0.6) is 11.5 Å². The Morgan fingerprint density at radius 2 is 1.84 bits per heavy atom. The van der Waals surface area contributed by atoms with Crippen molar-refractivity contribution in [2.24, 2.45) is 0 Å². The van der Waals surface area contributed by atoms with Crippen molar-refractivity contribution in [3.8, 4) is 22.8 Å². The van der Waals surface area contributed by atoms with Gasteiger partial charge in [0.05, 0.1) is 39.5 Å². The molecule has 134 valence electrons. The van der Waals surface area contributed by atoms with E-state index >= 15 is 0 Å². The summed E-state index contributed by atoms with van der Waals surface area (Å²) in [6.07, 6.45) is 4.14. The third kappa shape index (κ3) is 4.86. The minimum atomic E-state index is 0.768. The summed E-state index contributed by atoms with van der Waals surface area (Å²) in [6, 6.07) is 9.73. The SMILES string of the molecule is COc1ccc(OC)c(-c2ccc(SCC[NH+]3CCCCC3)nn2)c1. The quantitative estimate of drug-likeness (QED) is 0.768. The maximum atomic E-state index is 5.43. The van der Waals surface area contributed by atoms with E-state index in [0.717, 1.165) is 33.5 Å². The smallest absolute Gasteiger partial charge is 0.128 e. The van der Waals surface area contributed by atoms with Gasteiger partial charge in [-0.2, -0.15) is 0 Å². The summed E-state index contributed by atoms with van der Waals surface area (Å²) in [5.74, 6) is 2.64. The Kier molecular flexibility index (Phi) is 6.53. The van der Waals surface area contributed by atoms with Gasteiger partial charge in [0.1, 0.15) is 16.5 Å². The molecule has 6 heteroatoms. The van der Waals surface area contributed by atoms with Crippen LogP contribution in [0.4, 0.5) is 0 Å². The van der Waals surface area contributed by atoms with E-state index in [9.17, 15) is 0 Å². The molecule has 5 nitrogen and oxygen atoms in total. The molecule has 1 fully saturated rings. The van der Waals surface area contributed by atoms with Crippen molar-refractivity contribution < 1.29 is 14.4 Å². The number of nitrogens with zero attached hydrogens (tertiary/aromatic N) is 2. The zero-order valence-corrected chi connectivity index (χ0v) is 15.8. The first-order valence-electron chi connectivity index (χ1n) is 8.82. The maximum absolute atomic E-state index is 5.43. The number of likely N-dealkylation sites (tertiary alicyclic amines) is 1. The van der Waals surface area contributed by atoms with Crippen molar-refractivity contribution in [3.63, 3.8) is 0 Å². The van der Waals surface area contributed by atoms with E-state index in [1.807, 2.05) is 30.3 Å². The van der Waals surface area contributed by atoms with Gasteiger partial charge < -0.3 is 14.4 Å². The van der Waals surface area contributed by atoms with Gasteiger partial charge in [0.25, 0.3) is 0 Å². The van der Waals surface area contributed by atoms with Crippen molar-refractivity contribution in [1.82, 2.24) is 10.2 Å². The number of hydrogen-bond acceptors (Lipinski definition) is 5. The van der Waals surface area contributed by atoms with E-state index in [-0.39, 0.29) is 0 Å². The third-order valence-corrected chi connectivity index (χ3v) is 5.51. The first-order chi connectivity index (χ1) is 12.3. The fourth-order valence-corrected chi connectivity index (χ4v) is 4.02. The van der Waals surface area contributed by atoms with Crippen LogP contribution in [-0.2, 0) is 0 Å². The number of hydrogen-bond donors (Lipinski definition) is 1. The average molecular weight is 361 g/mol. The van der Waals surface area contributed by atoms with Gasteiger partial charge in [-0.1, -0.05) is 11.8 Å². The number of benzene rings is 1. The van der Waals surface area contributed by atoms with Gasteiger partial charge >= 0.3 is 0 Å². The second kappa shape index (κ2) is 9.06. The van der Waals surface area contributed by atoms with Crippen molar-refractivity contribution in [2.45, 2.75) is 24.3 Å². The molecule has 25 heavy (non-hydrogen) atoms. The van der Waals surface area contributed by atoms with Gasteiger partial charge in [-0.3, -0.25) is 0 Å². The number of nitrogens with one attached hydrogen (secondary N) is 1. The molecule has 1 aromatic carbocycles. The molecule has 0 amide bonds. The number of piperidine rings is 1. The topological polar surface area (TPSA) is 48.7 Å². The largest absolute Gasteiger partial charge is 0.497 e. The molecule has 2 heterocycles. The Hall–Kier alpha value is -1.79. The Morgan fingerprint density at radius 1 is 1.00 bits per heavy atom. The molecule has 0 unspecified atom stereocenters. The molecular formula is C19H26N3O2S+. The number of aromatic nitrogens is 2. The van der Waals surface area contributed by atoms with Crippen LogP contribution in [0.25, 0.3) is 11.3 Å². The number of rotatable bonds is 7. The number of ether oxygens (including phenoxy) is 2. The van der Waals surface area contributed by atoms with E-state index in [4.69, 9.17) is 9.47 Å².